The first-order valence-electron chi connectivity index (χ1n) is 10.5. The molecule has 0 saturated carbocycles. The molecule has 2 N–H and O–H groups in total. The van der Waals surface area contributed by atoms with Crippen LogP contribution in [0.3, 0.4) is 0 Å². The molecule has 2 amide bonds. The van der Waals surface area contributed by atoms with E-state index >= 15 is 0 Å². The SMILES string of the molecule is CCCOC(=O)c1ccc(NC(=O)CCC(=O)OCC(=O)Nc2cc(C)c(Br)c(C)c2)cc1. The van der Waals surface area contributed by atoms with Crippen molar-refractivity contribution in [1.29, 1.82) is 0 Å². The number of carbonyl (C=O) groups is 4. The standard InChI is InChI=1S/C24H27BrN2O6/c1-4-11-32-24(31)17-5-7-18(8-6-17)26-20(28)9-10-22(30)33-14-21(29)27-19-12-15(2)23(25)16(3)13-19/h5-8,12-13H,4,9-11,14H2,1-3H3,(H,26,28)(H,27,29). The van der Waals surface area contributed by atoms with Crippen LogP contribution in [-0.4, -0.2) is 37.0 Å². The minimum atomic E-state index is -0.655. The molecule has 0 atom stereocenters. The molecular weight excluding hydrogens is 492 g/mol. The quantitative estimate of drug-likeness (QED) is 0.447. The summed E-state index contributed by atoms with van der Waals surface area (Å²) in [6, 6.07) is 9.87. The number of hydrogen-bond acceptors (Lipinski definition) is 6. The predicted octanol–water partition coefficient (Wildman–Crippen LogP) is 4.53. The molecule has 0 saturated heterocycles. The fraction of sp³-hybridized carbons (Fsp3) is 0.333. The van der Waals surface area contributed by atoms with E-state index in [0.717, 1.165) is 22.0 Å². The summed E-state index contributed by atoms with van der Waals surface area (Å²) < 4.78 is 11.0. The zero-order valence-corrected chi connectivity index (χ0v) is 20.4. The third-order valence-electron chi connectivity index (χ3n) is 4.48. The van der Waals surface area contributed by atoms with Crippen LogP contribution in [0, 0.1) is 13.8 Å². The number of nitrogens with one attached hydrogen (secondary N) is 2. The molecular formula is C24H27BrN2O6. The Hall–Kier alpha value is -3.20. The number of hydrogen-bond donors (Lipinski definition) is 2. The number of amides is 2. The van der Waals surface area contributed by atoms with Gasteiger partial charge in [-0.25, -0.2) is 4.79 Å². The Labute approximate surface area is 201 Å². The van der Waals surface area contributed by atoms with Crippen molar-refractivity contribution >= 4 is 51.1 Å². The highest BCUT2D eigenvalue weighted by Crippen LogP contribution is 2.25. The van der Waals surface area contributed by atoms with Crippen LogP contribution in [0.15, 0.2) is 40.9 Å². The molecule has 0 aliphatic heterocycles. The molecule has 0 spiro atoms. The Morgan fingerprint density at radius 3 is 2.06 bits per heavy atom. The molecule has 0 unspecified atom stereocenters. The number of anilines is 2. The van der Waals surface area contributed by atoms with Crippen LogP contribution >= 0.6 is 15.9 Å². The molecule has 0 aliphatic carbocycles. The lowest BCUT2D eigenvalue weighted by Gasteiger charge is -2.10. The van der Waals surface area contributed by atoms with Gasteiger partial charge < -0.3 is 20.1 Å². The van der Waals surface area contributed by atoms with Crippen molar-refractivity contribution in [3.63, 3.8) is 0 Å². The number of rotatable bonds is 10. The van der Waals surface area contributed by atoms with Crippen LogP contribution in [0.4, 0.5) is 11.4 Å². The third kappa shape index (κ3) is 8.69. The van der Waals surface area contributed by atoms with Gasteiger partial charge in [0.2, 0.25) is 5.91 Å². The van der Waals surface area contributed by atoms with Crippen molar-refractivity contribution in [3.05, 3.63) is 57.6 Å². The molecule has 2 aromatic rings. The number of carbonyl (C=O) groups excluding carboxylic acids is 4. The van der Waals surface area contributed by atoms with Gasteiger partial charge in [-0.1, -0.05) is 22.9 Å². The highest BCUT2D eigenvalue weighted by Gasteiger charge is 2.12. The molecule has 8 nitrogen and oxygen atoms in total. The monoisotopic (exact) mass is 518 g/mol. The average Bonchev–Trinajstić information content (AvgIpc) is 2.78. The Morgan fingerprint density at radius 1 is 0.848 bits per heavy atom. The van der Waals surface area contributed by atoms with Crippen molar-refractivity contribution in [3.8, 4) is 0 Å². The third-order valence-corrected chi connectivity index (χ3v) is 5.73. The summed E-state index contributed by atoms with van der Waals surface area (Å²) in [5.74, 6) is -1.94. The summed E-state index contributed by atoms with van der Waals surface area (Å²) in [5.41, 5.74) is 3.42. The second kappa shape index (κ2) is 12.7. The van der Waals surface area contributed by atoms with Crippen LogP contribution in [0.25, 0.3) is 0 Å². The van der Waals surface area contributed by atoms with E-state index in [1.54, 1.807) is 24.3 Å². The van der Waals surface area contributed by atoms with Gasteiger partial charge in [-0.05, 0) is 67.8 Å². The smallest absolute Gasteiger partial charge is 0.338 e. The molecule has 176 valence electrons. The lowest BCUT2D eigenvalue weighted by atomic mass is 10.1. The summed E-state index contributed by atoms with van der Waals surface area (Å²) >= 11 is 3.46. The average molecular weight is 519 g/mol. The van der Waals surface area contributed by atoms with E-state index in [4.69, 9.17) is 9.47 Å². The summed E-state index contributed by atoms with van der Waals surface area (Å²) in [4.78, 5) is 47.7. The van der Waals surface area contributed by atoms with Gasteiger partial charge in [0.25, 0.3) is 5.91 Å². The first-order chi connectivity index (χ1) is 15.7. The van der Waals surface area contributed by atoms with Crippen LogP contribution in [0.5, 0.6) is 0 Å². The van der Waals surface area contributed by atoms with E-state index in [2.05, 4.69) is 26.6 Å². The summed E-state index contributed by atoms with van der Waals surface area (Å²) in [5, 5.41) is 5.32. The largest absolute Gasteiger partial charge is 0.462 e. The topological polar surface area (TPSA) is 111 Å². The Morgan fingerprint density at radius 2 is 1.45 bits per heavy atom. The first kappa shape index (κ1) is 26.1. The second-order valence-electron chi connectivity index (χ2n) is 7.39. The Bertz CT molecular complexity index is 997. The molecule has 2 rings (SSSR count). The summed E-state index contributed by atoms with van der Waals surface area (Å²) in [6.07, 6.45) is 0.459. The molecule has 0 bridgehead atoms. The van der Waals surface area contributed by atoms with E-state index in [9.17, 15) is 19.2 Å². The van der Waals surface area contributed by atoms with Crippen molar-refractivity contribution in [2.24, 2.45) is 0 Å². The molecule has 0 fully saturated rings. The van der Waals surface area contributed by atoms with Crippen molar-refractivity contribution in [2.75, 3.05) is 23.8 Å². The normalized spacial score (nSPS) is 10.3. The number of ether oxygens (including phenoxy) is 2. The highest BCUT2D eigenvalue weighted by molar-refractivity contribution is 9.10. The lowest BCUT2D eigenvalue weighted by Crippen LogP contribution is -2.22. The number of aryl methyl sites for hydroxylation is 2. The van der Waals surface area contributed by atoms with Gasteiger partial charge in [0.1, 0.15) is 0 Å². The van der Waals surface area contributed by atoms with Gasteiger partial charge >= 0.3 is 11.9 Å². The fourth-order valence-electron chi connectivity index (χ4n) is 2.84. The zero-order chi connectivity index (χ0) is 24.4. The molecule has 0 aromatic heterocycles. The van der Waals surface area contributed by atoms with Crippen molar-refractivity contribution in [2.45, 2.75) is 40.0 Å². The lowest BCUT2D eigenvalue weighted by molar-refractivity contribution is -0.147. The maximum atomic E-state index is 12.1. The number of halogens is 1. The number of esters is 2. The van der Waals surface area contributed by atoms with Crippen LogP contribution < -0.4 is 10.6 Å². The van der Waals surface area contributed by atoms with Gasteiger partial charge in [0, 0.05) is 22.3 Å². The van der Waals surface area contributed by atoms with Gasteiger partial charge in [-0.3, -0.25) is 14.4 Å². The van der Waals surface area contributed by atoms with Crippen molar-refractivity contribution in [1.82, 2.24) is 0 Å². The second-order valence-corrected chi connectivity index (χ2v) is 8.19. The molecule has 0 aliphatic rings. The molecule has 9 heteroatoms. The summed E-state index contributed by atoms with van der Waals surface area (Å²) in [7, 11) is 0. The van der Waals surface area contributed by atoms with E-state index in [1.807, 2.05) is 32.9 Å². The number of benzene rings is 2. The first-order valence-corrected chi connectivity index (χ1v) is 11.3. The maximum absolute atomic E-state index is 12.1. The minimum absolute atomic E-state index is 0.105. The molecule has 2 aromatic carbocycles. The highest BCUT2D eigenvalue weighted by atomic mass is 79.9. The molecule has 33 heavy (non-hydrogen) atoms. The van der Waals surface area contributed by atoms with Crippen LogP contribution in [0.1, 0.15) is 47.7 Å². The van der Waals surface area contributed by atoms with Crippen LogP contribution in [0.2, 0.25) is 0 Å². The Balaban J connectivity index is 1.72. The van der Waals surface area contributed by atoms with Crippen LogP contribution in [-0.2, 0) is 23.9 Å². The summed E-state index contributed by atoms with van der Waals surface area (Å²) in [6.45, 7) is 5.63. The van der Waals surface area contributed by atoms with Gasteiger partial charge in [-0.2, -0.15) is 0 Å². The zero-order valence-electron chi connectivity index (χ0n) is 18.8. The van der Waals surface area contributed by atoms with Gasteiger partial charge in [0.15, 0.2) is 6.61 Å². The maximum Gasteiger partial charge on any atom is 0.338 e. The van der Waals surface area contributed by atoms with Crippen molar-refractivity contribution < 1.29 is 28.7 Å². The van der Waals surface area contributed by atoms with E-state index < -0.39 is 30.4 Å². The molecule has 0 radical (unpaired) electrons. The van der Waals surface area contributed by atoms with E-state index in [-0.39, 0.29) is 12.8 Å². The van der Waals surface area contributed by atoms with E-state index in [1.165, 1.54) is 0 Å². The van der Waals surface area contributed by atoms with Gasteiger partial charge in [-0.15, -0.1) is 0 Å². The minimum Gasteiger partial charge on any atom is -0.462 e. The fourth-order valence-corrected chi connectivity index (χ4v) is 3.07. The van der Waals surface area contributed by atoms with E-state index in [0.29, 0.717) is 23.5 Å². The van der Waals surface area contributed by atoms with Gasteiger partial charge in [0.05, 0.1) is 18.6 Å². The molecule has 0 heterocycles. The predicted molar refractivity (Wildman–Crippen MR) is 128 cm³/mol. The Kier molecular flexibility index (Phi) is 10.1.